The number of amides is 1. The number of carboxylic acids is 1. The maximum Gasteiger partial charge on any atom is 0.433 e. The third kappa shape index (κ3) is 4.71. The highest BCUT2D eigenvalue weighted by atomic mass is 19.4. The topological polar surface area (TPSA) is 79.3 Å². The number of aromatic nitrogens is 1. The van der Waals surface area contributed by atoms with Gasteiger partial charge in [0.1, 0.15) is 11.7 Å². The molecule has 1 heterocycles. The quantitative estimate of drug-likeness (QED) is 0.875. The summed E-state index contributed by atoms with van der Waals surface area (Å²) in [6, 6.07) is 0.587. The Bertz CT molecular complexity index is 571. The van der Waals surface area contributed by atoms with Crippen molar-refractivity contribution >= 4 is 11.9 Å². The van der Waals surface area contributed by atoms with Crippen LogP contribution in [0.15, 0.2) is 12.1 Å². The zero-order chi connectivity index (χ0) is 17.1. The molecular weight excluding hydrogens is 301 g/mol. The van der Waals surface area contributed by atoms with Gasteiger partial charge in [-0.25, -0.2) is 9.78 Å². The SMILES string of the molecule is Cc1nc(C(F)(F)F)ccc1C(=O)N[C@@H](CC(C)C)C(=O)O. The molecule has 0 bridgehead atoms. The van der Waals surface area contributed by atoms with Gasteiger partial charge in [0, 0.05) is 0 Å². The van der Waals surface area contributed by atoms with E-state index in [9.17, 15) is 22.8 Å². The van der Waals surface area contributed by atoms with Crippen LogP contribution >= 0.6 is 0 Å². The van der Waals surface area contributed by atoms with E-state index in [2.05, 4.69) is 10.3 Å². The second-order valence-corrected chi connectivity index (χ2v) is 5.32. The molecule has 0 fully saturated rings. The number of pyridine rings is 1. The van der Waals surface area contributed by atoms with Crippen molar-refractivity contribution in [3.8, 4) is 0 Å². The Morgan fingerprint density at radius 3 is 2.32 bits per heavy atom. The van der Waals surface area contributed by atoms with Gasteiger partial charge in [0.2, 0.25) is 0 Å². The fraction of sp³-hybridized carbons (Fsp3) is 0.500. The van der Waals surface area contributed by atoms with Crippen molar-refractivity contribution in [3.05, 3.63) is 29.1 Å². The molecule has 0 saturated carbocycles. The summed E-state index contributed by atoms with van der Waals surface area (Å²) < 4.78 is 37.6. The fourth-order valence-electron chi connectivity index (χ4n) is 1.89. The van der Waals surface area contributed by atoms with Crippen molar-refractivity contribution < 1.29 is 27.9 Å². The van der Waals surface area contributed by atoms with Gasteiger partial charge in [-0.05, 0) is 31.4 Å². The number of hydrogen-bond acceptors (Lipinski definition) is 3. The van der Waals surface area contributed by atoms with Crippen LogP contribution in [-0.4, -0.2) is 28.0 Å². The normalized spacial score (nSPS) is 13.0. The molecule has 0 radical (unpaired) electrons. The van der Waals surface area contributed by atoms with Crippen molar-refractivity contribution in [3.63, 3.8) is 0 Å². The van der Waals surface area contributed by atoms with Gasteiger partial charge in [-0.1, -0.05) is 13.8 Å². The minimum Gasteiger partial charge on any atom is -0.480 e. The number of nitrogens with zero attached hydrogens (tertiary/aromatic N) is 1. The van der Waals surface area contributed by atoms with Crippen molar-refractivity contribution in [2.75, 3.05) is 0 Å². The summed E-state index contributed by atoms with van der Waals surface area (Å²) in [4.78, 5) is 26.5. The first-order valence-electron chi connectivity index (χ1n) is 6.61. The predicted octanol–water partition coefficient (Wildman–Crippen LogP) is 2.64. The van der Waals surface area contributed by atoms with E-state index in [1.54, 1.807) is 13.8 Å². The molecule has 0 aliphatic heterocycles. The maximum atomic E-state index is 12.5. The van der Waals surface area contributed by atoms with E-state index in [1.807, 2.05) is 0 Å². The van der Waals surface area contributed by atoms with Crippen LogP contribution in [0, 0.1) is 12.8 Å². The number of aryl methyl sites for hydroxylation is 1. The highest BCUT2D eigenvalue weighted by Gasteiger charge is 2.33. The van der Waals surface area contributed by atoms with Gasteiger partial charge >= 0.3 is 12.1 Å². The molecule has 8 heteroatoms. The Kier molecular flexibility index (Phi) is 5.51. The van der Waals surface area contributed by atoms with Gasteiger partial charge in [0.15, 0.2) is 0 Å². The predicted molar refractivity (Wildman–Crippen MR) is 72.3 cm³/mol. The number of carbonyl (C=O) groups is 2. The van der Waals surface area contributed by atoms with Crippen LogP contribution in [0.5, 0.6) is 0 Å². The lowest BCUT2D eigenvalue weighted by atomic mass is 10.0. The minimum absolute atomic E-state index is 0.0354. The van der Waals surface area contributed by atoms with Crippen LogP contribution < -0.4 is 5.32 Å². The van der Waals surface area contributed by atoms with Crippen molar-refractivity contribution in [2.24, 2.45) is 5.92 Å². The number of hydrogen-bond donors (Lipinski definition) is 2. The molecule has 1 atom stereocenters. The van der Waals surface area contributed by atoms with Crippen molar-refractivity contribution in [2.45, 2.75) is 39.4 Å². The Hall–Kier alpha value is -2.12. The molecule has 0 saturated heterocycles. The summed E-state index contributed by atoms with van der Waals surface area (Å²) >= 11 is 0. The summed E-state index contributed by atoms with van der Waals surface area (Å²) in [6.45, 7) is 4.86. The molecular formula is C14H17F3N2O3. The molecule has 1 amide bonds. The monoisotopic (exact) mass is 318 g/mol. The Labute approximate surface area is 125 Å². The highest BCUT2D eigenvalue weighted by molar-refractivity contribution is 5.97. The van der Waals surface area contributed by atoms with Gasteiger partial charge < -0.3 is 10.4 Å². The van der Waals surface area contributed by atoms with E-state index in [0.29, 0.717) is 6.07 Å². The van der Waals surface area contributed by atoms with Gasteiger partial charge in [0.05, 0.1) is 11.3 Å². The number of halogens is 3. The number of carbonyl (C=O) groups excluding carboxylic acids is 1. The number of nitrogens with one attached hydrogen (secondary N) is 1. The van der Waals surface area contributed by atoms with Gasteiger partial charge in [-0.15, -0.1) is 0 Å². The average Bonchev–Trinajstić information content (AvgIpc) is 2.35. The van der Waals surface area contributed by atoms with Crippen molar-refractivity contribution in [1.29, 1.82) is 0 Å². The van der Waals surface area contributed by atoms with Crippen LogP contribution in [0.4, 0.5) is 13.2 Å². The summed E-state index contributed by atoms with van der Waals surface area (Å²) in [5.74, 6) is -1.92. The van der Waals surface area contributed by atoms with Gasteiger partial charge in [-0.3, -0.25) is 4.79 Å². The van der Waals surface area contributed by atoms with E-state index >= 15 is 0 Å². The van der Waals surface area contributed by atoms with E-state index < -0.39 is 29.8 Å². The van der Waals surface area contributed by atoms with Crippen molar-refractivity contribution in [1.82, 2.24) is 10.3 Å². The molecule has 0 aliphatic carbocycles. The molecule has 0 unspecified atom stereocenters. The van der Waals surface area contributed by atoms with Crippen LogP contribution in [0.25, 0.3) is 0 Å². The first kappa shape index (κ1) is 17.9. The second-order valence-electron chi connectivity index (χ2n) is 5.32. The first-order chi connectivity index (χ1) is 10.0. The number of rotatable bonds is 5. The number of alkyl halides is 3. The fourth-order valence-corrected chi connectivity index (χ4v) is 1.89. The average molecular weight is 318 g/mol. The molecule has 0 aromatic carbocycles. The molecule has 0 aliphatic rings. The molecule has 22 heavy (non-hydrogen) atoms. The van der Waals surface area contributed by atoms with Crippen LogP contribution in [0.1, 0.15) is 42.0 Å². The van der Waals surface area contributed by atoms with Crippen LogP contribution in [0.3, 0.4) is 0 Å². The third-order valence-electron chi connectivity index (χ3n) is 2.93. The van der Waals surface area contributed by atoms with E-state index in [0.717, 1.165) is 6.07 Å². The lowest BCUT2D eigenvalue weighted by Gasteiger charge is -2.17. The van der Waals surface area contributed by atoms with Crippen LogP contribution in [0.2, 0.25) is 0 Å². The maximum absolute atomic E-state index is 12.5. The smallest absolute Gasteiger partial charge is 0.433 e. The lowest BCUT2D eigenvalue weighted by Crippen LogP contribution is -2.42. The number of carboxylic acid groups (broad SMARTS) is 1. The lowest BCUT2D eigenvalue weighted by molar-refractivity contribution is -0.141. The third-order valence-corrected chi connectivity index (χ3v) is 2.93. The summed E-state index contributed by atoms with van der Waals surface area (Å²) in [6.07, 6.45) is -4.38. The second kappa shape index (κ2) is 6.76. The van der Waals surface area contributed by atoms with Gasteiger partial charge in [0.25, 0.3) is 5.91 Å². The first-order valence-corrected chi connectivity index (χ1v) is 6.61. The molecule has 1 aromatic rings. The van der Waals surface area contributed by atoms with Gasteiger partial charge in [-0.2, -0.15) is 13.2 Å². The molecule has 1 aromatic heterocycles. The van der Waals surface area contributed by atoms with Crippen LogP contribution in [-0.2, 0) is 11.0 Å². The molecule has 0 spiro atoms. The Morgan fingerprint density at radius 1 is 1.32 bits per heavy atom. The molecule has 1 rings (SSSR count). The van der Waals surface area contributed by atoms with E-state index in [-0.39, 0.29) is 23.6 Å². The molecule has 2 N–H and O–H groups in total. The standard InChI is InChI=1S/C14H17F3N2O3/c1-7(2)6-10(13(21)22)19-12(20)9-4-5-11(14(15,16)17)18-8(9)3/h4-5,7,10H,6H2,1-3H3,(H,19,20)(H,21,22)/t10-/m0/s1. The summed E-state index contributed by atoms with van der Waals surface area (Å²) in [5, 5.41) is 11.4. The zero-order valence-corrected chi connectivity index (χ0v) is 12.4. The molecule has 122 valence electrons. The largest absolute Gasteiger partial charge is 0.480 e. The zero-order valence-electron chi connectivity index (χ0n) is 12.4. The Balaban J connectivity index is 2.96. The Morgan fingerprint density at radius 2 is 1.91 bits per heavy atom. The van der Waals surface area contributed by atoms with E-state index in [1.165, 1.54) is 6.92 Å². The minimum atomic E-state index is -4.60. The summed E-state index contributed by atoms with van der Waals surface area (Å²) in [5.41, 5.74) is -1.29. The number of aliphatic carboxylic acids is 1. The molecule has 5 nitrogen and oxygen atoms in total. The van der Waals surface area contributed by atoms with E-state index in [4.69, 9.17) is 5.11 Å². The summed E-state index contributed by atoms with van der Waals surface area (Å²) in [7, 11) is 0. The highest BCUT2D eigenvalue weighted by Crippen LogP contribution is 2.28.